The number of nitriles is 1. The molecule has 1 aliphatic carbocycles. The van der Waals surface area contributed by atoms with Gasteiger partial charge in [-0.25, -0.2) is 18.4 Å². The molecule has 152 valence electrons. The van der Waals surface area contributed by atoms with Gasteiger partial charge in [-0.15, -0.1) is 11.3 Å². The van der Waals surface area contributed by atoms with Crippen LogP contribution in [0.25, 0.3) is 0 Å². The van der Waals surface area contributed by atoms with E-state index in [2.05, 4.69) is 11.4 Å². The zero-order valence-corrected chi connectivity index (χ0v) is 17.4. The minimum absolute atomic E-state index is 0.115. The first-order chi connectivity index (χ1) is 13.7. The number of carbonyl (C=O) groups is 2. The summed E-state index contributed by atoms with van der Waals surface area (Å²) < 4.78 is 27.9. The number of halogens is 1. The van der Waals surface area contributed by atoms with Crippen molar-refractivity contribution >= 4 is 49.8 Å². The number of nitrogens with two attached hydrogens (primary N) is 1. The Labute approximate surface area is 176 Å². The van der Waals surface area contributed by atoms with Gasteiger partial charge in [0.05, 0.1) is 16.1 Å². The second-order valence-corrected chi connectivity index (χ2v) is 9.38. The Morgan fingerprint density at radius 1 is 1.31 bits per heavy atom. The van der Waals surface area contributed by atoms with Gasteiger partial charge < -0.3 is 10.1 Å². The molecule has 1 heterocycles. The maximum Gasteiger partial charge on any atom is 0.338 e. The van der Waals surface area contributed by atoms with Crippen LogP contribution >= 0.6 is 22.9 Å². The molecule has 0 saturated carbocycles. The third-order valence-electron chi connectivity index (χ3n) is 4.34. The zero-order chi connectivity index (χ0) is 21.2. The van der Waals surface area contributed by atoms with E-state index in [0.29, 0.717) is 10.6 Å². The minimum atomic E-state index is -4.12. The molecule has 0 spiro atoms. The smallest absolute Gasteiger partial charge is 0.338 e. The van der Waals surface area contributed by atoms with E-state index in [-0.39, 0.29) is 10.6 Å². The second-order valence-electron chi connectivity index (χ2n) is 6.34. The zero-order valence-electron chi connectivity index (χ0n) is 15.0. The number of benzene rings is 1. The van der Waals surface area contributed by atoms with Gasteiger partial charge in [0.2, 0.25) is 10.0 Å². The highest BCUT2D eigenvalue weighted by Gasteiger charge is 2.22. The van der Waals surface area contributed by atoms with Gasteiger partial charge in [0.15, 0.2) is 6.61 Å². The lowest BCUT2D eigenvalue weighted by atomic mass is 9.96. The number of rotatable bonds is 5. The first-order valence-electron chi connectivity index (χ1n) is 8.54. The van der Waals surface area contributed by atoms with Crippen molar-refractivity contribution < 1.29 is 22.7 Å². The molecule has 0 bridgehead atoms. The third kappa shape index (κ3) is 4.76. The van der Waals surface area contributed by atoms with E-state index in [1.165, 1.54) is 23.5 Å². The fourth-order valence-electron chi connectivity index (χ4n) is 3.00. The van der Waals surface area contributed by atoms with Crippen LogP contribution in [0.15, 0.2) is 23.1 Å². The quantitative estimate of drug-likeness (QED) is 0.667. The molecule has 11 heteroatoms. The third-order valence-corrected chi connectivity index (χ3v) is 6.94. The molecule has 3 rings (SSSR count). The lowest BCUT2D eigenvalue weighted by molar-refractivity contribution is -0.119. The van der Waals surface area contributed by atoms with E-state index in [0.717, 1.165) is 42.2 Å². The number of amides is 1. The minimum Gasteiger partial charge on any atom is -0.452 e. The van der Waals surface area contributed by atoms with E-state index in [1.807, 2.05) is 0 Å². The highest BCUT2D eigenvalue weighted by Crippen LogP contribution is 2.37. The van der Waals surface area contributed by atoms with Crippen LogP contribution < -0.4 is 10.5 Å². The standard InChI is InChI=1S/C18H16ClN3O5S2/c19-13-6-5-10(7-15(13)29(21,25)26)18(24)27-9-16(23)22-17-12(8-20)11-3-1-2-4-14(11)28-17/h5-7H,1-4,9H2,(H,22,23)(H2,21,25,26). The summed E-state index contributed by atoms with van der Waals surface area (Å²) in [5.41, 5.74) is 1.32. The second kappa shape index (κ2) is 8.51. The van der Waals surface area contributed by atoms with Gasteiger partial charge in [-0.1, -0.05) is 11.6 Å². The average molecular weight is 454 g/mol. The van der Waals surface area contributed by atoms with Crippen LogP contribution in [0.1, 0.15) is 39.2 Å². The number of aryl methyl sites for hydroxylation is 1. The Morgan fingerprint density at radius 2 is 2.03 bits per heavy atom. The number of carbonyl (C=O) groups excluding carboxylic acids is 2. The molecule has 1 amide bonds. The van der Waals surface area contributed by atoms with E-state index in [9.17, 15) is 23.3 Å². The summed E-state index contributed by atoms with van der Waals surface area (Å²) in [5, 5.41) is 17.4. The first kappa shape index (κ1) is 21.3. The topological polar surface area (TPSA) is 139 Å². The van der Waals surface area contributed by atoms with E-state index >= 15 is 0 Å². The lowest BCUT2D eigenvalue weighted by Gasteiger charge is -2.09. The van der Waals surface area contributed by atoms with Crippen molar-refractivity contribution in [1.82, 2.24) is 0 Å². The Morgan fingerprint density at radius 3 is 2.72 bits per heavy atom. The molecule has 0 saturated heterocycles. The number of fused-ring (bicyclic) bond motifs is 1. The number of esters is 1. The van der Waals surface area contributed by atoms with Crippen LogP contribution in [0.4, 0.5) is 5.00 Å². The fraction of sp³-hybridized carbons (Fsp3) is 0.278. The molecule has 29 heavy (non-hydrogen) atoms. The van der Waals surface area contributed by atoms with Crippen molar-refractivity contribution in [3.8, 4) is 6.07 Å². The molecular formula is C18H16ClN3O5S2. The average Bonchev–Trinajstić information content (AvgIpc) is 3.02. The highest BCUT2D eigenvalue weighted by molar-refractivity contribution is 7.89. The number of nitrogens with one attached hydrogen (secondary N) is 1. The Hall–Kier alpha value is -2.45. The predicted octanol–water partition coefficient (Wildman–Crippen LogP) is 2.59. The molecule has 3 N–H and O–H groups in total. The molecule has 2 aromatic rings. The largest absolute Gasteiger partial charge is 0.452 e. The van der Waals surface area contributed by atoms with Gasteiger partial charge in [0.1, 0.15) is 16.0 Å². The maximum atomic E-state index is 12.2. The number of hydrogen-bond acceptors (Lipinski definition) is 7. The Balaban J connectivity index is 1.67. The Kier molecular flexibility index (Phi) is 6.24. The number of ether oxygens (including phenoxy) is 1. The monoisotopic (exact) mass is 453 g/mol. The fourth-order valence-corrected chi connectivity index (χ4v) is 5.32. The maximum absolute atomic E-state index is 12.2. The molecule has 0 aliphatic heterocycles. The summed E-state index contributed by atoms with van der Waals surface area (Å²) in [6, 6.07) is 5.58. The number of thiophene rings is 1. The number of hydrogen-bond donors (Lipinski definition) is 2. The molecule has 0 atom stereocenters. The summed E-state index contributed by atoms with van der Waals surface area (Å²) in [7, 11) is -4.12. The number of nitrogens with zero attached hydrogens (tertiary/aromatic N) is 1. The van der Waals surface area contributed by atoms with E-state index < -0.39 is 33.4 Å². The van der Waals surface area contributed by atoms with Crippen molar-refractivity contribution in [2.75, 3.05) is 11.9 Å². The number of primary sulfonamides is 1. The van der Waals surface area contributed by atoms with Crippen molar-refractivity contribution in [1.29, 1.82) is 5.26 Å². The molecule has 0 fully saturated rings. The van der Waals surface area contributed by atoms with Crippen molar-refractivity contribution in [2.45, 2.75) is 30.6 Å². The molecule has 1 aromatic heterocycles. The van der Waals surface area contributed by atoms with E-state index in [1.54, 1.807) is 0 Å². The number of sulfonamides is 1. The van der Waals surface area contributed by atoms with Gasteiger partial charge in [-0.05, 0) is 49.4 Å². The summed E-state index contributed by atoms with van der Waals surface area (Å²) in [4.78, 5) is 25.0. The molecule has 0 radical (unpaired) electrons. The summed E-state index contributed by atoms with van der Waals surface area (Å²) in [6.45, 7) is -0.598. The van der Waals surface area contributed by atoms with Crippen LogP contribution in [0.5, 0.6) is 0 Å². The van der Waals surface area contributed by atoms with Crippen LogP contribution in [-0.4, -0.2) is 26.9 Å². The highest BCUT2D eigenvalue weighted by atomic mass is 35.5. The molecule has 0 unspecified atom stereocenters. The van der Waals surface area contributed by atoms with Gasteiger partial charge in [0.25, 0.3) is 5.91 Å². The molecule has 1 aromatic carbocycles. The van der Waals surface area contributed by atoms with Crippen LogP contribution in [0.3, 0.4) is 0 Å². The molecule has 8 nitrogen and oxygen atoms in total. The van der Waals surface area contributed by atoms with Crippen molar-refractivity contribution in [3.63, 3.8) is 0 Å². The van der Waals surface area contributed by atoms with Crippen LogP contribution in [0.2, 0.25) is 5.02 Å². The van der Waals surface area contributed by atoms with Crippen LogP contribution in [0, 0.1) is 11.3 Å². The normalized spacial score (nSPS) is 13.3. The number of anilines is 1. The van der Waals surface area contributed by atoms with Crippen molar-refractivity contribution in [3.05, 3.63) is 44.8 Å². The van der Waals surface area contributed by atoms with Gasteiger partial charge in [-0.3, -0.25) is 4.79 Å². The Bertz CT molecular complexity index is 1140. The summed E-state index contributed by atoms with van der Waals surface area (Å²) in [6.07, 6.45) is 3.74. The first-order valence-corrected chi connectivity index (χ1v) is 11.3. The van der Waals surface area contributed by atoms with Crippen LogP contribution in [-0.2, 0) is 32.4 Å². The lowest BCUT2D eigenvalue weighted by Crippen LogP contribution is -2.21. The van der Waals surface area contributed by atoms with Gasteiger partial charge >= 0.3 is 5.97 Å². The molecular weight excluding hydrogens is 438 g/mol. The van der Waals surface area contributed by atoms with Gasteiger partial charge in [0, 0.05) is 4.88 Å². The summed E-state index contributed by atoms with van der Waals surface area (Å²) in [5.74, 6) is -1.51. The molecule has 1 aliphatic rings. The summed E-state index contributed by atoms with van der Waals surface area (Å²) >= 11 is 7.14. The van der Waals surface area contributed by atoms with Crippen molar-refractivity contribution in [2.24, 2.45) is 5.14 Å². The predicted molar refractivity (Wildman–Crippen MR) is 107 cm³/mol. The van der Waals surface area contributed by atoms with Gasteiger partial charge in [-0.2, -0.15) is 5.26 Å². The SMILES string of the molecule is N#Cc1c(NC(=O)COC(=O)c2ccc(Cl)c(S(N)(=O)=O)c2)sc2c1CCCC2. The van der Waals surface area contributed by atoms with E-state index in [4.69, 9.17) is 21.5 Å².